The molecule has 0 bridgehead atoms. The lowest BCUT2D eigenvalue weighted by atomic mass is 10.2. The fourth-order valence-corrected chi connectivity index (χ4v) is 1.71. The lowest BCUT2D eigenvalue weighted by molar-refractivity contribution is 0.122. The van der Waals surface area contributed by atoms with E-state index >= 15 is 0 Å². The van der Waals surface area contributed by atoms with Gasteiger partial charge in [0.1, 0.15) is 0 Å². The van der Waals surface area contributed by atoms with E-state index in [1.165, 1.54) is 5.69 Å². The summed E-state index contributed by atoms with van der Waals surface area (Å²) in [6, 6.07) is 8.37. The van der Waals surface area contributed by atoms with Crippen LogP contribution in [0.2, 0.25) is 0 Å². The molecule has 0 aliphatic carbocycles. The van der Waals surface area contributed by atoms with Crippen molar-refractivity contribution in [2.45, 2.75) is 0 Å². The van der Waals surface area contributed by atoms with Gasteiger partial charge in [-0.1, -0.05) is 6.58 Å². The summed E-state index contributed by atoms with van der Waals surface area (Å²) in [4.78, 5) is 2.33. The third-order valence-electron chi connectivity index (χ3n) is 2.51. The van der Waals surface area contributed by atoms with Crippen LogP contribution < -0.4 is 10.2 Å². The summed E-state index contributed by atoms with van der Waals surface area (Å²) in [6.07, 6.45) is 1.68. The van der Waals surface area contributed by atoms with Crippen molar-refractivity contribution in [3.8, 4) is 0 Å². The Morgan fingerprint density at radius 3 is 2.47 bits per heavy atom. The molecule has 3 nitrogen and oxygen atoms in total. The first-order valence-electron chi connectivity index (χ1n) is 5.20. The summed E-state index contributed by atoms with van der Waals surface area (Å²) in [5.74, 6) is 0. The van der Waals surface area contributed by atoms with Crippen LogP contribution in [0.15, 0.2) is 37.0 Å². The van der Waals surface area contributed by atoms with E-state index in [2.05, 4.69) is 41.1 Å². The van der Waals surface area contributed by atoms with Gasteiger partial charge in [-0.05, 0) is 30.5 Å². The number of ether oxygens (including phenoxy) is 1. The molecule has 15 heavy (non-hydrogen) atoms. The molecule has 1 saturated heterocycles. The number of hydrogen-bond donors (Lipinski definition) is 1. The minimum Gasteiger partial charge on any atom is -0.378 e. The van der Waals surface area contributed by atoms with Gasteiger partial charge in [0.25, 0.3) is 0 Å². The molecule has 1 fully saturated rings. The van der Waals surface area contributed by atoms with Crippen molar-refractivity contribution in [3.05, 3.63) is 37.0 Å². The van der Waals surface area contributed by atoms with Gasteiger partial charge in [-0.25, -0.2) is 0 Å². The Balaban J connectivity index is 2.04. The second-order valence-electron chi connectivity index (χ2n) is 3.49. The summed E-state index contributed by atoms with van der Waals surface area (Å²) in [6.45, 7) is 7.24. The van der Waals surface area contributed by atoms with Gasteiger partial charge in [0, 0.05) is 24.5 Å². The Labute approximate surface area is 90.3 Å². The van der Waals surface area contributed by atoms with Gasteiger partial charge in [-0.2, -0.15) is 0 Å². The Bertz CT molecular complexity index is 315. The molecule has 1 N–H and O–H groups in total. The number of nitrogens with zero attached hydrogens (tertiary/aromatic N) is 1. The molecule has 1 aromatic rings. The van der Waals surface area contributed by atoms with Crippen LogP contribution in [0.25, 0.3) is 0 Å². The van der Waals surface area contributed by atoms with Crippen LogP contribution in [-0.4, -0.2) is 26.3 Å². The van der Waals surface area contributed by atoms with Gasteiger partial charge in [-0.3, -0.25) is 0 Å². The minimum atomic E-state index is 0.826. The zero-order chi connectivity index (χ0) is 10.5. The average Bonchev–Trinajstić information content (AvgIpc) is 2.32. The van der Waals surface area contributed by atoms with Crippen LogP contribution in [0.3, 0.4) is 0 Å². The average molecular weight is 204 g/mol. The molecule has 1 aliphatic rings. The predicted molar refractivity (Wildman–Crippen MR) is 63.3 cm³/mol. The van der Waals surface area contributed by atoms with Crippen LogP contribution in [0.5, 0.6) is 0 Å². The van der Waals surface area contributed by atoms with Gasteiger partial charge in [0.2, 0.25) is 0 Å². The predicted octanol–water partition coefficient (Wildman–Crippen LogP) is 2.08. The van der Waals surface area contributed by atoms with Crippen molar-refractivity contribution < 1.29 is 4.74 Å². The van der Waals surface area contributed by atoms with E-state index in [0.717, 1.165) is 32.0 Å². The van der Waals surface area contributed by atoms with Gasteiger partial charge in [0.05, 0.1) is 13.2 Å². The fraction of sp³-hybridized carbons (Fsp3) is 0.333. The number of nitrogens with one attached hydrogen (secondary N) is 1. The van der Waals surface area contributed by atoms with E-state index in [0.29, 0.717) is 0 Å². The number of morpholine rings is 1. The maximum absolute atomic E-state index is 5.32. The first kappa shape index (κ1) is 10.1. The number of benzene rings is 1. The Hall–Kier alpha value is -1.48. The first-order chi connectivity index (χ1) is 7.40. The topological polar surface area (TPSA) is 24.5 Å². The van der Waals surface area contributed by atoms with E-state index in [1.807, 2.05) is 0 Å². The molecule has 0 amide bonds. The van der Waals surface area contributed by atoms with Crippen molar-refractivity contribution in [2.24, 2.45) is 0 Å². The summed E-state index contributed by atoms with van der Waals surface area (Å²) >= 11 is 0. The molecular formula is C12H16N2O. The highest BCUT2D eigenvalue weighted by atomic mass is 16.5. The van der Waals surface area contributed by atoms with Crippen LogP contribution >= 0.6 is 0 Å². The quantitative estimate of drug-likeness (QED) is 0.815. The van der Waals surface area contributed by atoms with Crippen LogP contribution in [0.1, 0.15) is 0 Å². The van der Waals surface area contributed by atoms with Crippen LogP contribution in [-0.2, 0) is 4.74 Å². The minimum absolute atomic E-state index is 0.826. The van der Waals surface area contributed by atoms with Crippen LogP contribution in [0.4, 0.5) is 11.4 Å². The maximum atomic E-state index is 5.32. The highest BCUT2D eigenvalue weighted by Gasteiger charge is 2.10. The van der Waals surface area contributed by atoms with E-state index in [-0.39, 0.29) is 0 Å². The molecule has 1 aliphatic heterocycles. The molecule has 0 aromatic heterocycles. The van der Waals surface area contributed by atoms with E-state index < -0.39 is 0 Å². The standard InChI is InChI=1S/C12H16N2O/c1-2-13-11-3-5-12(6-4-11)14-7-9-15-10-8-14/h2-6,13H,1,7-10H2. The number of rotatable bonds is 3. The highest BCUT2D eigenvalue weighted by molar-refractivity contribution is 5.56. The SMILES string of the molecule is C=CNc1ccc(N2CCOCC2)cc1. The van der Waals surface area contributed by atoms with Gasteiger partial charge >= 0.3 is 0 Å². The Kier molecular flexibility index (Phi) is 3.25. The van der Waals surface area contributed by atoms with Gasteiger partial charge in [-0.15, -0.1) is 0 Å². The Morgan fingerprint density at radius 2 is 1.87 bits per heavy atom. The maximum Gasteiger partial charge on any atom is 0.0642 e. The number of hydrogen-bond acceptors (Lipinski definition) is 3. The molecule has 0 saturated carbocycles. The second-order valence-corrected chi connectivity index (χ2v) is 3.49. The Morgan fingerprint density at radius 1 is 1.20 bits per heavy atom. The molecule has 3 heteroatoms. The molecule has 0 unspecified atom stereocenters. The van der Waals surface area contributed by atoms with Crippen molar-refractivity contribution in [1.82, 2.24) is 0 Å². The van der Waals surface area contributed by atoms with Crippen molar-refractivity contribution >= 4 is 11.4 Å². The molecule has 0 spiro atoms. The lowest BCUT2D eigenvalue weighted by Crippen LogP contribution is -2.36. The first-order valence-corrected chi connectivity index (χ1v) is 5.20. The van der Waals surface area contributed by atoms with Crippen molar-refractivity contribution in [3.63, 3.8) is 0 Å². The summed E-state index contributed by atoms with van der Waals surface area (Å²) in [5.41, 5.74) is 2.33. The van der Waals surface area contributed by atoms with Gasteiger partial charge < -0.3 is 15.0 Å². The van der Waals surface area contributed by atoms with E-state index in [4.69, 9.17) is 4.74 Å². The number of anilines is 2. The molecule has 0 radical (unpaired) electrons. The molecule has 1 aromatic carbocycles. The third-order valence-corrected chi connectivity index (χ3v) is 2.51. The molecule has 1 heterocycles. The summed E-state index contributed by atoms with van der Waals surface area (Å²) in [7, 11) is 0. The highest BCUT2D eigenvalue weighted by Crippen LogP contribution is 2.18. The summed E-state index contributed by atoms with van der Waals surface area (Å²) < 4.78 is 5.32. The fourth-order valence-electron chi connectivity index (χ4n) is 1.71. The zero-order valence-corrected chi connectivity index (χ0v) is 8.78. The van der Waals surface area contributed by atoms with Crippen molar-refractivity contribution in [2.75, 3.05) is 36.5 Å². The smallest absolute Gasteiger partial charge is 0.0642 e. The normalized spacial score (nSPS) is 16.1. The lowest BCUT2D eigenvalue weighted by Gasteiger charge is -2.28. The largest absolute Gasteiger partial charge is 0.378 e. The zero-order valence-electron chi connectivity index (χ0n) is 8.78. The summed E-state index contributed by atoms with van der Waals surface area (Å²) in [5, 5.41) is 3.06. The van der Waals surface area contributed by atoms with Crippen molar-refractivity contribution in [1.29, 1.82) is 0 Å². The van der Waals surface area contributed by atoms with E-state index in [9.17, 15) is 0 Å². The second kappa shape index (κ2) is 4.84. The van der Waals surface area contributed by atoms with E-state index in [1.54, 1.807) is 6.20 Å². The molecule has 0 atom stereocenters. The molecule has 2 rings (SSSR count). The monoisotopic (exact) mass is 204 g/mol. The van der Waals surface area contributed by atoms with Gasteiger partial charge in [0.15, 0.2) is 0 Å². The third kappa shape index (κ3) is 2.50. The molecule has 80 valence electrons. The van der Waals surface area contributed by atoms with Crippen LogP contribution in [0, 0.1) is 0 Å². The molecular weight excluding hydrogens is 188 g/mol.